The molecule has 0 amide bonds. The zero-order valence-corrected chi connectivity index (χ0v) is 13.2. The lowest BCUT2D eigenvalue weighted by Gasteiger charge is -2.32. The van der Waals surface area contributed by atoms with Crippen LogP contribution in [0.25, 0.3) is 0 Å². The van der Waals surface area contributed by atoms with E-state index in [1.807, 2.05) is 18.2 Å². The van der Waals surface area contributed by atoms with Crippen LogP contribution in [0.2, 0.25) is 0 Å². The molecule has 0 radical (unpaired) electrons. The van der Waals surface area contributed by atoms with E-state index < -0.39 is 0 Å². The number of hydrogen-bond donors (Lipinski definition) is 0. The monoisotopic (exact) mass is 264 g/mol. The van der Waals surface area contributed by atoms with Crippen molar-refractivity contribution in [2.75, 3.05) is 0 Å². The molecule has 0 aromatic heterocycles. The third kappa shape index (κ3) is 4.24. The molecule has 1 aromatic rings. The maximum atomic E-state index is 5.81. The summed E-state index contributed by atoms with van der Waals surface area (Å²) in [6.45, 7) is 13.0. The van der Waals surface area contributed by atoms with Crippen LogP contribution in [-0.2, 0) is 4.89 Å². The summed E-state index contributed by atoms with van der Waals surface area (Å²) in [5.41, 5.74) is 0.948. The van der Waals surface area contributed by atoms with Crippen LogP contribution in [0.5, 0.6) is 5.75 Å². The maximum absolute atomic E-state index is 5.81. The van der Waals surface area contributed by atoms with E-state index >= 15 is 0 Å². The zero-order chi connectivity index (χ0) is 14.5. The van der Waals surface area contributed by atoms with Crippen LogP contribution in [-0.4, -0.2) is 5.60 Å². The topological polar surface area (TPSA) is 18.5 Å². The Kier molecular flexibility index (Phi) is 5.86. The first-order valence-electron chi connectivity index (χ1n) is 7.35. The predicted octanol–water partition coefficient (Wildman–Crippen LogP) is 5.34. The Bertz CT molecular complexity index is 385. The summed E-state index contributed by atoms with van der Waals surface area (Å²) in [6.07, 6.45) is 2.08. The second-order valence-electron chi connectivity index (χ2n) is 6.08. The van der Waals surface area contributed by atoms with E-state index in [0.29, 0.717) is 11.8 Å². The van der Waals surface area contributed by atoms with E-state index in [9.17, 15) is 0 Å². The van der Waals surface area contributed by atoms with Gasteiger partial charge in [-0.15, -0.1) is 0 Å². The number of hydrogen-bond acceptors (Lipinski definition) is 2. The molecule has 0 aliphatic carbocycles. The van der Waals surface area contributed by atoms with Crippen molar-refractivity contribution in [1.82, 2.24) is 0 Å². The Labute approximate surface area is 118 Å². The Hall–Kier alpha value is -1.02. The van der Waals surface area contributed by atoms with Gasteiger partial charge in [0.1, 0.15) is 5.60 Å². The standard InChI is InChI=1S/C17H28O2/c1-7-12-17(6,14(4)5)19-18-16-11-9-8-10-15(16)13(2)3/h8-11,13-14H,7,12H2,1-6H3. The minimum absolute atomic E-state index is 0.237. The van der Waals surface area contributed by atoms with E-state index in [2.05, 4.69) is 47.6 Å². The normalized spacial score (nSPS) is 14.7. The Balaban J connectivity index is 2.80. The van der Waals surface area contributed by atoms with Crippen LogP contribution in [0.4, 0.5) is 0 Å². The molecule has 0 aliphatic heterocycles. The summed E-state index contributed by atoms with van der Waals surface area (Å²) in [7, 11) is 0. The minimum Gasteiger partial charge on any atom is -0.337 e. The molecule has 0 fully saturated rings. The van der Waals surface area contributed by atoms with E-state index in [1.54, 1.807) is 0 Å². The summed E-state index contributed by atoms with van der Waals surface area (Å²) < 4.78 is 0. The van der Waals surface area contributed by atoms with E-state index in [4.69, 9.17) is 9.78 Å². The van der Waals surface area contributed by atoms with Crippen molar-refractivity contribution < 1.29 is 9.78 Å². The van der Waals surface area contributed by atoms with Crippen molar-refractivity contribution in [3.8, 4) is 5.75 Å². The van der Waals surface area contributed by atoms with Crippen molar-refractivity contribution >= 4 is 0 Å². The zero-order valence-electron chi connectivity index (χ0n) is 13.2. The third-order valence-electron chi connectivity index (χ3n) is 3.83. The molecular formula is C17H28O2. The molecular weight excluding hydrogens is 236 g/mol. The van der Waals surface area contributed by atoms with Gasteiger partial charge in [0, 0.05) is 5.56 Å². The van der Waals surface area contributed by atoms with Crippen LogP contribution in [0.1, 0.15) is 65.9 Å². The SMILES string of the molecule is CCCC(C)(OOc1ccccc1C(C)C)C(C)C. The van der Waals surface area contributed by atoms with Gasteiger partial charge in [-0.05, 0) is 31.2 Å². The van der Waals surface area contributed by atoms with Crippen LogP contribution in [0, 0.1) is 5.92 Å². The lowest BCUT2D eigenvalue weighted by Crippen LogP contribution is -2.36. The summed E-state index contributed by atoms with van der Waals surface area (Å²) in [6, 6.07) is 8.09. The highest BCUT2D eigenvalue weighted by molar-refractivity contribution is 5.35. The summed E-state index contributed by atoms with van der Waals surface area (Å²) in [4.78, 5) is 11.5. The fraction of sp³-hybridized carbons (Fsp3) is 0.647. The molecule has 2 nitrogen and oxygen atoms in total. The molecule has 1 rings (SSSR count). The van der Waals surface area contributed by atoms with Crippen molar-refractivity contribution in [1.29, 1.82) is 0 Å². The molecule has 0 saturated heterocycles. The van der Waals surface area contributed by atoms with Crippen LogP contribution in [0.3, 0.4) is 0 Å². The average Bonchev–Trinajstić information content (AvgIpc) is 2.36. The minimum atomic E-state index is -0.237. The molecule has 0 aliphatic rings. The lowest BCUT2D eigenvalue weighted by molar-refractivity contribution is -0.302. The maximum Gasteiger partial charge on any atom is 0.168 e. The molecule has 1 unspecified atom stereocenters. The number of rotatable bonds is 7. The van der Waals surface area contributed by atoms with Crippen LogP contribution in [0.15, 0.2) is 24.3 Å². The summed E-state index contributed by atoms with van der Waals surface area (Å²) in [5, 5.41) is 0. The van der Waals surface area contributed by atoms with Gasteiger partial charge in [-0.2, -0.15) is 4.89 Å². The second-order valence-corrected chi connectivity index (χ2v) is 6.08. The van der Waals surface area contributed by atoms with Gasteiger partial charge in [-0.25, -0.2) is 0 Å². The first kappa shape index (κ1) is 16.0. The molecule has 0 bridgehead atoms. The Morgan fingerprint density at radius 2 is 1.74 bits per heavy atom. The molecule has 0 spiro atoms. The molecule has 0 N–H and O–H groups in total. The molecule has 1 aromatic carbocycles. The van der Waals surface area contributed by atoms with Crippen LogP contribution < -0.4 is 4.89 Å². The average molecular weight is 264 g/mol. The highest BCUT2D eigenvalue weighted by Gasteiger charge is 2.31. The van der Waals surface area contributed by atoms with Gasteiger partial charge < -0.3 is 4.89 Å². The van der Waals surface area contributed by atoms with Crippen molar-refractivity contribution in [2.45, 2.75) is 65.9 Å². The van der Waals surface area contributed by atoms with E-state index in [0.717, 1.165) is 18.6 Å². The first-order valence-corrected chi connectivity index (χ1v) is 7.35. The smallest absolute Gasteiger partial charge is 0.168 e. The molecule has 2 heteroatoms. The molecule has 0 heterocycles. The quantitative estimate of drug-likeness (QED) is 0.489. The fourth-order valence-corrected chi connectivity index (χ4v) is 2.10. The summed E-state index contributed by atoms with van der Waals surface area (Å²) in [5.74, 6) is 1.68. The first-order chi connectivity index (χ1) is 8.90. The number of para-hydroxylation sites is 1. The molecule has 0 saturated carbocycles. The largest absolute Gasteiger partial charge is 0.337 e. The fourth-order valence-electron chi connectivity index (χ4n) is 2.10. The molecule has 19 heavy (non-hydrogen) atoms. The highest BCUT2D eigenvalue weighted by atomic mass is 17.2. The predicted molar refractivity (Wildman–Crippen MR) is 80.4 cm³/mol. The number of benzene rings is 1. The van der Waals surface area contributed by atoms with Gasteiger partial charge in [0.25, 0.3) is 0 Å². The lowest BCUT2D eigenvalue weighted by atomic mass is 9.88. The molecule has 108 valence electrons. The van der Waals surface area contributed by atoms with Crippen LogP contribution >= 0.6 is 0 Å². The van der Waals surface area contributed by atoms with Crippen molar-refractivity contribution in [3.63, 3.8) is 0 Å². The van der Waals surface area contributed by atoms with Gasteiger partial charge in [-0.1, -0.05) is 59.2 Å². The van der Waals surface area contributed by atoms with Gasteiger partial charge >= 0.3 is 0 Å². The Morgan fingerprint density at radius 1 is 1.11 bits per heavy atom. The van der Waals surface area contributed by atoms with E-state index in [-0.39, 0.29) is 5.60 Å². The van der Waals surface area contributed by atoms with E-state index in [1.165, 1.54) is 5.56 Å². The third-order valence-corrected chi connectivity index (χ3v) is 3.83. The van der Waals surface area contributed by atoms with Crippen molar-refractivity contribution in [3.05, 3.63) is 29.8 Å². The Morgan fingerprint density at radius 3 is 2.26 bits per heavy atom. The second kappa shape index (κ2) is 6.95. The molecule has 1 atom stereocenters. The van der Waals surface area contributed by atoms with Gasteiger partial charge in [0.05, 0.1) is 0 Å². The van der Waals surface area contributed by atoms with Gasteiger partial charge in [0.2, 0.25) is 0 Å². The van der Waals surface area contributed by atoms with Gasteiger partial charge in [0.15, 0.2) is 5.75 Å². The van der Waals surface area contributed by atoms with Crippen molar-refractivity contribution in [2.24, 2.45) is 5.92 Å². The highest BCUT2D eigenvalue weighted by Crippen LogP contribution is 2.31. The summed E-state index contributed by atoms with van der Waals surface area (Å²) >= 11 is 0. The van der Waals surface area contributed by atoms with Gasteiger partial charge in [-0.3, -0.25) is 0 Å².